The number of nitrogens with one attached hydrogen (secondary N) is 1. The predicted octanol–water partition coefficient (Wildman–Crippen LogP) is 4.13. The molecule has 1 aromatic heterocycles. The molecule has 1 aliphatic carbocycles. The molecule has 1 unspecified atom stereocenters. The molecule has 1 aromatic carbocycles. The van der Waals surface area contributed by atoms with Gasteiger partial charge in [-0.25, -0.2) is 9.97 Å². The molecule has 2 heterocycles. The Bertz CT molecular complexity index is 802. The molecule has 1 saturated heterocycles. The number of ether oxygens (including phenoxy) is 1. The molecule has 1 N–H and O–H groups in total. The smallest absolute Gasteiger partial charge is 0.227 e. The minimum Gasteiger partial charge on any atom is -0.497 e. The van der Waals surface area contributed by atoms with Crippen molar-refractivity contribution in [1.29, 1.82) is 0 Å². The molecular weight excluding hydrogens is 352 g/mol. The largest absolute Gasteiger partial charge is 0.497 e. The zero-order valence-electron chi connectivity index (χ0n) is 16.4. The Morgan fingerprint density at radius 1 is 1.11 bits per heavy atom. The van der Waals surface area contributed by atoms with Gasteiger partial charge in [-0.15, -0.1) is 0 Å². The number of methoxy groups -OCH3 is 1. The normalized spacial score (nSPS) is 20.2. The number of carbonyl (C=O) groups excluding carboxylic acids is 1. The molecule has 0 bridgehead atoms. The van der Waals surface area contributed by atoms with Gasteiger partial charge in [-0.05, 0) is 56.0 Å². The maximum absolute atomic E-state index is 12.8. The topological polar surface area (TPSA) is 67.3 Å². The van der Waals surface area contributed by atoms with E-state index in [1.807, 2.05) is 30.3 Å². The Morgan fingerprint density at radius 2 is 1.89 bits per heavy atom. The third kappa shape index (κ3) is 4.26. The van der Waals surface area contributed by atoms with Crippen molar-refractivity contribution in [1.82, 2.24) is 14.9 Å². The second-order valence-electron chi connectivity index (χ2n) is 7.76. The molecule has 1 atom stereocenters. The molecule has 1 aliphatic heterocycles. The summed E-state index contributed by atoms with van der Waals surface area (Å²) in [7, 11) is 1.65. The number of aromatic nitrogens is 2. The number of benzene rings is 1. The van der Waals surface area contributed by atoms with Crippen LogP contribution in [0, 0.1) is 5.92 Å². The fourth-order valence-corrected chi connectivity index (χ4v) is 4.31. The molecule has 148 valence electrons. The molecule has 2 fully saturated rings. The lowest BCUT2D eigenvalue weighted by atomic mass is 9.93. The first kappa shape index (κ1) is 18.7. The van der Waals surface area contributed by atoms with Gasteiger partial charge in [0.2, 0.25) is 11.9 Å². The van der Waals surface area contributed by atoms with Crippen LogP contribution in [0.3, 0.4) is 0 Å². The van der Waals surface area contributed by atoms with Crippen LogP contribution in [0.4, 0.5) is 11.6 Å². The molecule has 1 saturated carbocycles. The summed E-state index contributed by atoms with van der Waals surface area (Å²) in [6, 6.07) is 9.67. The van der Waals surface area contributed by atoms with Crippen molar-refractivity contribution in [2.45, 2.75) is 44.4 Å². The van der Waals surface area contributed by atoms with Crippen molar-refractivity contribution < 1.29 is 9.53 Å². The lowest BCUT2D eigenvalue weighted by Crippen LogP contribution is -2.42. The number of piperidine rings is 1. The zero-order valence-corrected chi connectivity index (χ0v) is 16.4. The van der Waals surface area contributed by atoms with Crippen molar-refractivity contribution in [2.75, 3.05) is 25.5 Å². The van der Waals surface area contributed by atoms with E-state index in [1.165, 1.54) is 12.8 Å². The highest BCUT2D eigenvalue weighted by molar-refractivity contribution is 5.79. The van der Waals surface area contributed by atoms with Crippen molar-refractivity contribution in [3.8, 4) is 5.75 Å². The van der Waals surface area contributed by atoms with Crippen LogP contribution >= 0.6 is 0 Å². The van der Waals surface area contributed by atoms with Crippen molar-refractivity contribution in [2.24, 2.45) is 5.92 Å². The fraction of sp³-hybridized carbons (Fsp3) is 0.500. The van der Waals surface area contributed by atoms with Gasteiger partial charge in [0.1, 0.15) is 5.75 Å². The zero-order chi connectivity index (χ0) is 19.3. The summed E-state index contributed by atoms with van der Waals surface area (Å²) in [5.41, 5.74) is 1.93. The summed E-state index contributed by atoms with van der Waals surface area (Å²) in [5.74, 6) is 2.28. The summed E-state index contributed by atoms with van der Waals surface area (Å²) in [6.45, 7) is 1.65. The first-order chi connectivity index (χ1) is 13.7. The Labute approximate surface area is 166 Å². The number of likely N-dealkylation sites (tertiary alicyclic amines) is 1. The number of anilines is 2. The van der Waals surface area contributed by atoms with Gasteiger partial charge in [-0.2, -0.15) is 0 Å². The van der Waals surface area contributed by atoms with E-state index in [2.05, 4.69) is 15.2 Å². The maximum Gasteiger partial charge on any atom is 0.227 e. The first-order valence-electron chi connectivity index (χ1n) is 10.3. The molecule has 1 amide bonds. The van der Waals surface area contributed by atoms with Crippen LogP contribution in [0.25, 0.3) is 0 Å². The predicted molar refractivity (Wildman–Crippen MR) is 109 cm³/mol. The number of carbonyl (C=O) groups is 1. The van der Waals surface area contributed by atoms with E-state index < -0.39 is 0 Å². The second-order valence-corrected chi connectivity index (χ2v) is 7.76. The third-order valence-electron chi connectivity index (χ3n) is 5.88. The number of hydrogen-bond acceptors (Lipinski definition) is 5. The van der Waals surface area contributed by atoms with Crippen LogP contribution < -0.4 is 10.1 Å². The minimum absolute atomic E-state index is 0.247. The van der Waals surface area contributed by atoms with E-state index in [1.54, 1.807) is 13.3 Å². The molecule has 0 spiro atoms. The van der Waals surface area contributed by atoms with Gasteiger partial charge < -0.3 is 15.0 Å². The Balaban J connectivity index is 1.43. The number of hydrogen-bond donors (Lipinski definition) is 1. The summed E-state index contributed by atoms with van der Waals surface area (Å²) in [5, 5.41) is 3.26. The molecular formula is C22H28N4O2. The third-order valence-corrected chi connectivity index (χ3v) is 5.88. The van der Waals surface area contributed by atoms with E-state index in [-0.39, 0.29) is 11.8 Å². The highest BCUT2D eigenvalue weighted by Gasteiger charge is 2.31. The fourth-order valence-electron chi connectivity index (χ4n) is 4.31. The quantitative estimate of drug-likeness (QED) is 0.845. The summed E-state index contributed by atoms with van der Waals surface area (Å²) >= 11 is 0. The Morgan fingerprint density at radius 3 is 2.64 bits per heavy atom. The number of rotatable bonds is 5. The average Bonchev–Trinajstić information content (AvgIpc) is 3.29. The molecule has 2 aliphatic rings. The SMILES string of the molecule is COc1ccc(Nc2nccc(C3CCCN(C(=O)C4CCCC4)C3)n2)cc1. The lowest BCUT2D eigenvalue weighted by Gasteiger charge is -2.34. The van der Waals surface area contributed by atoms with Gasteiger partial charge in [0.25, 0.3) is 0 Å². The van der Waals surface area contributed by atoms with Crippen LogP contribution in [0.15, 0.2) is 36.5 Å². The highest BCUT2D eigenvalue weighted by atomic mass is 16.5. The Hall–Kier alpha value is -2.63. The van der Waals surface area contributed by atoms with E-state index in [9.17, 15) is 4.79 Å². The highest BCUT2D eigenvalue weighted by Crippen LogP contribution is 2.31. The van der Waals surface area contributed by atoms with Gasteiger partial charge >= 0.3 is 0 Å². The number of nitrogens with zero attached hydrogens (tertiary/aromatic N) is 3. The van der Waals surface area contributed by atoms with Gasteiger partial charge in [0, 0.05) is 36.8 Å². The van der Waals surface area contributed by atoms with Gasteiger partial charge in [-0.3, -0.25) is 4.79 Å². The minimum atomic E-state index is 0.247. The lowest BCUT2D eigenvalue weighted by molar-refractivity contribution is -0.136. The van der Waals surface area contributed by atoms with Crippen LogP contribution in [0.5, 0.6) is 5.75 Å². The summed E-state index contributed by atoms with van der Waals surface area (Å²) in [6.07, 6.45) is 8.40. The van der Waals surface area contributed by atoms with Crippen LogP contribution in [-0.4, -0.2) is 41.0 Å². The first-order valence-corrected chi connectivity index (χ1v) is 10.3. The summed E-state index contributed by atoms with van der Waals surface area (Å²) < 4.78 is 5.19. The van der Waals surface area contributed by atoms with E-state index in [4.69, 9.17) is 9.72 Å². The number of amides is 1. The van der Waals surface area contributed by atoms with E-state index in [0.717, 1.165) is 55.9 Å². The van der Waals surface area contributed by atoms with Crippen molar-refractivity contribution >= 4 is 17.5 Å². The Kier molecular flexibility index (Phi) is 5.74. The van der Waals surface area contributed by atoms with Crippen LogP contribution in [-0.2, 0) is 4.79 Å². The summed E-state index contributed by atoms with van der Waals surface area (Å²) in [4.78, 5) is 24.0. The molecule has 0 radical (unpaired) electrons. The maximum atomic E-state index is 12.8. The average molecular weight is 380 g/mol. The van der Waals surface area contributed by atoms with Crippen LogP contribution in [0.2, 0.25) is 0 Å². The second kappa shape index (κ2) is 8.59. The van der Waals surface area contributed by atoms with Gasteiger partial charge in [-0.1, -0.05) is 12.8 Å². The molecule has 28 heavy (non-hydrogen) atoms. The monoisotopic (exact) mass is 380 g/mol. The molecule has 2 aromatic rings. The van der Waals surface area contributed by atoms with Gasteiger partial charge in [0.15, 0.2) is 0 Å². The standard InChI is InChI=1S/C22H28N4O2/c1-28-19-10-8-18(9-11-19)24-22-23-13-12-20(25-22)17-7-4-14-26(15-17)21(27)16-5-2-3-6-16/h8-13,16-17H,2-7,14-15H2,1H3,(H,23,24,25). The van der Waals surface area contributed by atoms with Crippen molar-refractivity contribution in [3.05, 3.63) is 42.2 Å². The molecule has 4 rings (SSSR count). The molecule has 6 heteroatoms. The van der Waals surface area contributed by atoms with Crippen molar-refractivity contribution in [3.63, 3.8) is 0 Å². The van der Waals surface area contributed by atoms with Gasteiger partial charge in [0.05, 0.1) is 12.8 Å². The van der Waals surface area contributed by atoms with E-state index in [0.29, 0.717) is 11.9 Å². The van der Waals surface area contributed by atoms with E-state index >= 15 is 0 Å². The van der Waals surface area contributed by atoms with Crippen LogP contribution in [0.1, 0.15) is 50.1 Å². The molecule has 6 nitrogen and oxygen atoms in total.